The lowest BCUT2D eigenvalue weighted by molar-refractivity contribution is -0.387. The van der Waals surface area contributed by atoms with Crippen LogP contribution >= 0.6 is 0 Å². The number of nitrogens with one attached hydrogen (secondary N) is 1. The average Bonchev–Trinajstić information content (AvgIpc) is 2.37. The van der Waals surface area contributed by atoms with Gasteiger partial charge in [0.15, 0.2) is 4.90 Å². The number of benzene rings is 1. The van der Waals surface area contributed by atoms with Crippen LogP contribution in [0.2, 0.25) is 0 Å². The van der Waals surface area contributed by atoms with E-state index < -0.39 is 20.6 Å². The van der Waals surface area contributed by atoms with Crippen molar-refractivity contribution >= 4 is 15.7 Å². The fourth-order valence-electron chi connectivity index (χ4n) is 1.73. The zero-order chi connectivity index (χ0) is 15.2. The molecule has 0 saturated carbocycles. The number of rotatable bonds is 8. The van der Waals surface area contributed by atoms with Crippen molar-refractivity contribution < 1.29 is 18.1 Å². The third kappa shape index (κ3) is 4.26. The van der Waals surface area contributed by atoms with Gasteiger partial charge in [-0.25, -0.2) is 13.1 Å². The van der Waals surface area contributed by atoms with Gasteiger partial charge in [-0.05, 0) is 25.8 Å². The van der Waals surface area contributed by atoms with Crippen molar-refractivity contribution in [2.75, 3.05) is 19.8 Å². The zero-order valence-electron chi connectivity index (χ0n) is 11.5. The summed E-state index contributed by atoms with van der Waals surface area (Å²) in [6.07, 6.45) is 0.507. The Hall–Kier alpha value is -1.51. The standard InChI is InChI=1S/C12H18N2O5S/c1-3-19-9-5-8-13-20(17,18)12-10(2)6-4-7-11(12)14(15)16/h4,6-7,13H,3,5,8-9H2,1-2H3. The van der Waals surface area contributed by atoms with Crippen LogP contribution in [-0.2, 0) is 14.8 Å². The number of nitro groups is 1. The summed E-state index contributed by atoms with van der Waals surface area (Å²) in [6, 6.07) is 4.17. The van der Waals surface area contributed by atoms with E-state index in [2.05, 4.69) is 4.72 Å². The van der Waals surface area contributed by atoms with E-state index in [9.17, 15) is 18.5 Å². The predicted octanol–water partition coefficient (Wildman–Crippen LogP) is 1.61. The first-order valence-corrected chi connectivity index (χ1v) is 7.70. The molecular formula is C12H18N2O5S. The summed E-state index contributed by atoms with van der Waals surface area (Å²) in [5, 5.41) is 10.9. The SMILES string of the molecule is CCOCCCNS(=O)(=O)c1c(C)cccc1[N+](=O)[O-]. The molecule has 0 unspecified atom stereocenters. The van der Waals surface area contributed by atoms with Crippen molar-refractivity contribution in [1.29, 1.82) is 0 Å². The molecule has 0 aliphatic carbocycles. The van der Waals surface area contributed by atoms with Crippen molar-refractivity contribution in [3.63, 3.8) is 0 Å². The molecule has 20 heavy (non-hydrogen) atoms. The first-order chi connectivity index (χ1) is 9.40. The Balaban J connectivity index is 2.90. The first kappa shape index (κ1) is 16.5. The third-order valence-electron chi connectivity index (χ3n) is 2.62. The van der Waals surface area contributed by atoms with Gasteiger partial charge in [-0.15, -0.1) is 0 Å². The normalized spacial score (nSPS) is 11.5. The first-order valence-electron chi connectivity index (χ1n) is 6.21. The molecule has 1 rings (SSSR count). The average molecular weight is 302 g/mol. The Labute approximate surface area is 118 Å². The van der Waals surface area contributed by atoms with E-state index in [-0.39, 0.29) is 11.4 Å². The van der Waals surface area contributed by atoms with Crippen LogP contribution in [0.15, 0.2) is 23.1 Å². The zero-order valence-corrected chi connectivity index (χ0v) is 12.3. The monoisotopic (exact) mass is 302 g/mol. The topological polar surface area (TPSA) is 98.5 Å². The van der Waals surface area contributed by atoms with Crippen LogP contribution in [-0.4, -0.2) is 33.1 Å². The Bertz CT molecular complexity index is 571. The molecule has 1 aromatic carbocycles. The largest absolute Gasteiger partial charge is 0.382 e. The highest BCUT2D eigenvalue weighted by Crippen LogP contribution is 2.26. The van der Waals surface area contributed by atoms with E-state index in [4.69, 9.17) is 4.74 Å². The van der Waals surface area contributed by atoms with Crippen molar-refractivity contribution in [3.8, 4) is 0 Å². The molecule has 0 fully saturated rings. The van der Waals surface area contributed by atoms with E-state index in [1.165, 1.54) is 25.1 Å². The van der Waals surface area contributed by atoms with Crippen LogP contribution in [0.25, 0.3) is 0 Å². The lowest BCUT2D eigenvalue weighted by atomic mass is 10.2. The van der Waals surface area contributed by atoms with Gasteiger partial charge in [0, 0.05) is 25.8 Å². The van der Waals surface area contributed by atoms with Gasteiger partial charge in [0.25, 0.3) is 5.69 Å². The molecule has 0 amide bonds. The fraction of sp³-hybridized carbons (Fsp3) is 0.500. The Kier molecular flexibility index (Phi) is 6.05. The quantitative estimate of drug-likeness (QED) is 0.447. The Morgan fingerprint density at radius 2 is 2.10 bits per heavy atom. The Morgan fingerprint density at radius 3 is 2.70 bits per heavy atom. The second-order valence-corrected chi connectivity index (χ2v) is 5.83. The van der Waals surface area contributed by atoms with Gasteiger partial charge in [0.05, 0.1) is 4.92 Å². The minimum absolute atomic E-state index is 0.174. The van der Waals surface area contributed by atoms with Crippen molar-refractivity contribution in [2.45, 2.75) is 25.2 Å². The van der Waals surface area contributed by atoms with Gasteiger partial charge in [-0.1, -0.05) is 12.1 Å². The number of nitrogens with zero attached hydrogens (tertiary/aromatic N) is 1. The smallest absolute Gasteiger partial charge is 0.289 e. The summed E-state index contributed by atoms with van der Waals surface area (Å²) in [4.78, 5) is 9.96. The summed E-state index contributed by atoms with van der Waals surface area (Å²) >= 11 is 0. The van der Waals surface area contributed by atoms with Gasteiger partial charge in [-0.3, -0.25) is 10.1 Å². The number of aryl methyl sites for hydroxylation is 1. The summed E-state index contributed by atoms with van der Waals surface area (Å²) in [5.41, 5.74) is -0.0705. The second-order valence-electron chi connectivity index (χ2n) is 4.13. The van der Waals surface area contributed by atoms with Crippen molar-refractivity contribution in [3.05, 3.63) is 33.9 Å². The molecule has 0 saturated heterocycles. The lowest BCUT2D eigenvalue weighted by Gasteiger charge is -2.09. The van der Waals surface area contributed by atoms with Crippen molar-refractivity contribution in [2.24, 2.45) is 0 Å². The molecular weight excluding hydrogens is 284 g/mol. The third-order valence-corrected chi connectivity index (χ3v) is 4.27. The summed E-state index contributed by atoms with van der Waals surface area (Å²) in [7, 11) is -3.90. The fourth-order valence-corrected chi connectivity index (χ4v) is 3.19. The van der Waals surface area contributed by atoms with Gasteiger partial charge in [0.2, 0.25) is 10.0 Å². The molecule has 0 atom stereocenters. The number of nitro benzene ring substituents is 1. The predicted molar refractivity (Wildman–Crippen MR) is 74.1 cm³/mol. The van der Waals surface area contributed by atoms with E-state index in [1.807, 2.05) is 6.92 Å². The highest BCUT2D eigenvalue weighted by Gasteiger charge is 2.27. The van der Waals surface area contributed by atoms with Gasteiger partial charge in [-0.2, -0.15) is 0 Å². The van der Waals surface area contributed by atoms with Crippen LogP contribution in [0, 0.1) is 17.0 Å². The van der Waals surface area contributed by atoms with Crippen LogP contribution < -0.4 is 4.72 Å². The summed E-state index contributed by atoms with van der Waals surface area (Å²) in [5.74, 6) is 0. The van der Waals surface area contributed by atoms with Crippen molar-refractivity contribution in [1.82, 2.24) is 4.72 Å². The van der Waals surface area contributed by atoms with Gasteiger partial charge < -0.3 is 4.74 Å². The number of hydrogen-bond acceptors (Lipinski definition) is 5. The molecule has 112 valence electrons. The maximum Gasteiger partial charge on any atom is 0.289 e. The maximum atomic E-state index is 12.2. The molecule has 7 nitrogen and oxygen atoms in total. The highest BCUT2D eigenvalue weighted by atomic mass is 32.2. The molecule has 1 aromatic rings. The minimum Gasteiger partial charge on any atom is -0.382 e. The number of hydrogen-bond donors (Lipinski definition) is 1. The highest BCUT2D eigenvalue weighted by molar-refractivity contribution is 7.89. The maximum absolute atomic E-state index is 12.2. The summed E-state index contributed by atoms with van der Waals surface area (Å²) < 4.78 is 31.8. The van der Waals surface area contributed by atoms with E-state index in [0.29, 0.717) is 25.2 Å². The molecule has 0 aliphatic rings. The van der Waals surface area contributed by atoms with Crippen LogP contribution in [0.1, 0.15) is 18.9 Å². The molecule has 0 aliphatic heterocycles. The van der Waals surface area contributed by atoms with E-state index in [0.717, 1.165) is 0 Å². The number of ether oxygens (including phenoxy) is 1. The molecule has 0 radical (unpaired) electrons. The van der Waals surface area contributed by atoms with Gasteiger partial charge in [0.1, 0.15) is 0 Å². The second kappa shape index (κ2) is 7.32. The molecule has 1 N–H and O–H groups in total. The van der Waals surface area contributed by atoms with Crippen LogP contribution in [0.3, 0.4) is 0 Å². The minimum atomic E-state index is -3.90. The van der Waals surface area contributed by atoms with Crippen LogP contribution in [0.4, 0.5) is 5.69 Å². The van der Waals surface area contributed by atoms with Crippen LogP contribution in [0.5, 0.6) is 0 Å². The molecule has 0 aromatic heterocycles. The van der Waals surface area contributed by atoms with E-state index >= 15 is 0 Å². The molecule has 0 bridgehead atoms. The summed E-state index contributed by atoms with van der Waals surface area (Å²) in [6.45, 7) is 4.56. The molecule has 8 heteroatoms. The van der Waals surface area contributed by atoms with E-state index in [1.54, 1.807) is 0 Å². The number of sulfonamides is 1. The molecule has 0 spiro atoms. The lowest BCUT2D eigenvalue weighted by Crippen LogP contribution is -2.27. The Morgan fingerprint density at radius 1 is 1.40 bits per heavy atom. The molecule has 0 heterocycles. The van der Waals surface area contributed by atoms with Gasteiger partial charge >= 0.3 is 0 Å².